The Morgan fingerprint density at radius 1 is 0.778 bits per heavy atom. The van der Waals surface area contributed by atoms with Gasteiger partial charge in [-0.25, -0.2) is 0 Å². The second-order valence-corrected chi connectivity index (χ2v) is 6.33. The minimum Gasteiger partial charge on any atom is -0.299 e. The molecule has 0 amide bonds. The van der Waals surface area contributed by atoms with Gasteiger partial charge in [0, 0.05) is 21.8 Å². The number of hydrogen-bond donors (Lipinski definition) is 0. The van der Waals surface area contributed by atoms with Crippen LogP contribution in [-0.4, -0.2) is 5.78 Å². The number of halogens is 2. The fraction of sp³-hybridized carbons (Fsp3) is 0.133. The van der Waals surface area contributed by atoms with Gasteiger partial charge in [0.2, 0.25) is 0 Å². The van der Waals surface area contributed by atoms with Crippen LogP contribution in [0.15, 0.2) is 45.3 Å². The van der Waals surface area contributed by atoms with E-state index in [0.717, 1.165) is 20.1 Å². The third kappa shape index (κ3) is 2.17. The van der Waals surface area contributed by atoms with Crippen LogP contribution in [0.4, 0.5) is 0 Å². The highest BCUT2D eigenvalue weighted by atomic mass is 79.9. The highest BCUT2D eigenvalue weighted by molar-refractivity contribution is 9.10. The van der Waals surface area contributed by atoms with Gasteiger partial charge < -0.3 is 0 Å². The molecule has 0 heterocycles. The number of carbonyl (C=O) groups is 1. The number of carbonyl (C=O) groups excluding carboxylic acids is 1. The molecule has 0 radical (unpaired) electrons. The summed E-state index contributed by atoms with van der Waals surface area (Å²) in [6.45, 7) is 0. The van der Waals surface area contributed by atoms with E-state index in [1.807, 2.05) is 24.3 Å². The number of Topliss-reactive ketones (excluding diaryl/α,β-unsaturated/α-hetero) is 1. The first-order valence-corrected chi connectivity index (χ1v) is 7.31. The Morgan fingerprint density at radius 3 is 1.67 bits per heavy atom. The van der Waals surface area contributed by atoms with Gasteiger partial charge in [0.25, 0.3) is 0 Å². The Bertz CT molecular complexity index is 591. The Balaban J connectivity index is 2.28. The van der Waals surface area contributed by atoms with E-state index in [2.05, 4.69) is 44.0 Å². The predicted octanol–water partition coefficient (Wildman–Crippen LogP) is 4.55. The van der Waals surface area contributed by atoms with Crippen molar-refractivity contribution in [2.45, 2.75) is 12.8 Å². The average molecular weight is 366 g/mol. The molecular formula is C15H10Br2O. The summed E-state index contributed by atoms with van der Waals surface area (Å²) in [7, 11) is 0. The summed E-state index contributed by atoms with van der Waals surface area (Å²) in [4.78, 5) is 12.0. The van der Waals surface area contributed by atoms with Gasteiger partial charge in [-0.3, -0.25) is 4.79 Å². The minimum atomic E-state index is 0.270. The van der Waals surface area contributed by atoms with Crippen LogP contribution in [0, 0.1) is 0 Å². The second-order valence-electron chi connectivity index (χ2n) is 4.50. The summed E-state index contributed by atoms with van der Waals surface area (Å²) < 4.78 is 2.05. The van der Waals surface area contributed by atoms with Gasteiger partial charge in [-0.05, 0) is 46.5 Å². The third-order valence-electron chi connectivity index (χ3n) is 3.20. The highest BCUT2D eigenvalue weighted by Gasteiger charge is 2.19. The quantitative estimate of drug-likeness (QED) is 0.669. The SMILES string of the molecule is O=C1Cc2cc(Br)ccc2-c2ccc(Br)cc2C1. The molecule has 0 unspecified atom stereocenters. The van der Waals surface area contributed by atoms with E-state index in [0.29, 0.717) is 12.8 Å². The van der Waals surface area contributed by atoms with Crippen molar-refractivity contribution >= 4 is 37.6 Å². The van der Waals surface area contributed by atoms with Crippen molar-refractivity contribution in [3.8, 4) is 11.1 Å². The molecule has 3 heteroatoms. The fourth-order valence-electron chi connectivity index (χ4n) is 2.43. The standard InChI is InChI=1S/C15H10Br2O/c16-11-1-3-14-9(5-11)7-13(18)8-10-6-12(17)2-4-15(10)14/h1-6H,7-8H2. The summed E-state index contributed by atoms with van der Waals surface area (Å²) in [5.74, 6) is 0.270. The lowest BCUT2D eigenvalue weighted by Gasteiger charge is -2.09. The van der Waals surface area contributed by atoms with Crippen LogP contribution in [0.2, 0.25) is 0 Å². The average Bonchev–Trinajstić information content (AvgIpc) is 2.42. The molecule has 0 bridgehead atoms. The van der Waals surface area contributed by atoms with Crippen LogP contribution < -0.4 is 0 Å². The Hall–Kier alpha value is -0.930. The zero-order valence-corrected chi connectivity index (χ0v) is 12.7. The summed E-state index contributed by atoms with van der Waals surface area (Å²) in [6.07, 6.45) is 1.03. The number of fused-ring (bicyclic) bond motifs is 3. The molecule has 0 atom stereocenters. The molecule has 18 heavy (non-hydrogen) atoms. The maximum Gasteiger partial charge on any atom is 0.141 e. The Kier molecular flexibility index (Phi) is 3.12. The second kappa shape index (κ2) is 4.63. The van der Waals surface area contributed by atoms with E-state index in [-0.39, 0.29) is 5.78 Å². The first-order chi connectivity index (χ1) is 8.63. The van der Waals surface area contributed by atoms with Crippen molar-refractivity contribution in [1.82, 2.24) is 0 Å². The molecule has 1 nitrogen and oxygen atoms in total. The van der Waals surface area contributed by atoms with Crippen LogP contribution in [0.1, 0.15) is 11.1 Å². The normalized spacial score (nSPS) is 13.8. The first-order valence-electron chi connectivity index (χ1n) is 5.72. The van der Waals surface area contributed by atoms with Crippen molar-refractivity contribution < 1.29 is 4.79 Å². The molecule has 1 aliphatic rings. The molecule has 1 aliphatic carbocycles. The van der Waals surface area contributed by atoms with Crippen LogP contribution in [0.25, 0.3) is 11.1 Å². The lowest BCUT2D eigenvalue weighted by Crippen LogP contribution is -2.04. The van der Waals surface area contributed by atoms with Crippen molar-refractivity contribution in [2.75, 3.05) is 0 Å². The molecule has 90 valence electrons. The summed E-state index contributed by atoms with van der Waals surface area (Å²) >= 11 is 6.94. The molecule has 0 saturated heterocycles. The van der Waals surface area contributed by atoms with Crippen molar-refractivity contribution in [1.29, 1.82) is 0 Å². The zero-order valence-electron chi connectivity index (χ0n) is 9.54. The molecule has 2 aromatic rings. The van der Waals surface area contributed by atoms with Crippen LogP contribution in [-0.2, 0) is 17.6 Å². The van der Waals surface area contributed by atoms with E-state index in [9.17, 15) is 4.79 Å². The topological polar surface area (TPSA) is 17.1 Å². The molecular weight excluding hydrogens is 356 g/mol. The van der Waals surface area contributed by atoms with Gasteiger partial charge in [-0.15, -0.1) is 0 Å². The third-order valence-corrected chi connectivity index (χ3v) is 4.19. The molecule has 2 aromatic carbocycles. The minimum absolute atomic E-state index is 0.270. The lowest BCUT2D eigenvalue weighted by atomic mass is 9.97. The van der Waals surface area contributed by atoms with Crippen LogP contribution in [0.3, 0.4) is 0 Å². The molecule has 3 rings (SSSR count). The van der Waals surface area contributed by atoms with E-state index >= 15 is 0 Å². The Labute approximate surface area is 122 Å². The summed E-state index contributed by atoms with van der Waals surface area (Å²) in [5.41, 5.74) is 4.56. The maximum atomic E-state index is 12.0. The van der Waals surface area contributed by atoms with E-state index in [4.69, 9.17) is 0 Å². The van der Waals surface area contributed by atoms with Gasteiger partial charge >= 0.3 is 0 Å². The largest absolute Gasteiger partial charge is 0.299 e. The van der Waals surface area contributed by atoms with E-state index < -0.39 is 0 Å². The predicted molar refractivity (Wildman–Crippen MR) is 79.7 cm³/mol. The van der Waals surface area contributed by atoms with Crippen molar-refractivity contribution in [2.24, 2.45) is 0 Å². The van der Waals surface area contributed by atoms with Gasteiger partial charge in [0.15, 0.2) is 0 Å². The number of hydrogen-bond acceptors (Lipinski definition) is 1. The zero-order chi connectivity index (χ0) is 12.7. The lowest BCUT2D eigenvalue weighted by molar-refractivity contribution is -0.117. The number of ketones is 1. The molecule has 0 fully saturated rings. The molecule has 0 spiro atoms. The van der Waals surface area contributed by atoms with Gasteiger partial charge in [0.1, 0.15) is 5.78 Å². The highest BCUT2D eigenvalue weighted by Crippen LogP contribution is 2.34. The van der Waals surface area contributed by atoms with Crippen LogP contribution in [0.5, 0.6) is 0 Å². The van der Waals surface area contributed by atoms with Crippen molar-refractivity contribution in [3.05, 3.63) is 56.5 Å². The van der Waals surface area contributed by atoms with Gasteiger partial charge in [0.05, 0.1) is 0 Å². The number of benzene rings is 2. The fourth-order valence-corrected chi connectivity index (χ4v) is 3.25. The summed E-state index contributed by atoms with van der Waals surface area (Å²) in [5, 5.41) is 0. The number of rotatable bonds is 0. The Morgan fingerprint density at radius 2 is 1.22 bits per heavy atom. The van der Waals surface area contributed by atoms with E-state index in [1.165, 1.54) is 11.1 Å². The molecule has 0 saturated carbocycles. The molecule has 0 aromatic heterocycles. The van der Waals surface area contributed by atoms with Gasteiger partial charge in [-0.2, -0.15) is 0 Å². The van der Waals surface area contributed by atoms with Gasteiger partial charge in [-0.1, -0.05) is 44.0 Å². The first kappa shape index (κ1) is 12.1. The summed E-state index contributed by atoms with van der Waals surface area (Å²) in [6, 6.07) is 12.3. The monoisotopic (exact) mass is 364 g/mol. The maximum absolute atomic E-state index is 12.0. The molecule has 0 aliphatic heterocycles. The van der Waals surface area contributed by atoms with Crippen molar-refractivity contribution in [3.63, 3.8) is 0 Å². The van der Waals surface area contributed by atoms with Crippen LogP contribution >= 0.6 is 31.9 Å². The molecule has 0 N–H and O–H groups in total. The smallest absolute Gasteiger partial charge is 0.141 e. The van der Waals surface area contributed by atoms with E-state index in [1.54, 1.807) is 0 Å².